The van der Waals surface area contributed by atoms with Crippen LogP contribution in [-0.4, -0.2) is 26.4 Å². The van der Waals surface area contributed by atoms with Crippen molar-refractivity contribution in [2.75, 3.05) is 11.1 Å². The molecule has 132 valence electrons. The fourth-order valence-electron chi connectivity index (χ4n) is 3.03. The van der Waals surface area contributed by atoms with Crippen molar-refractivity contribution in [2.24, 2.45) is 7.05 Å². The molecule has 26 heavy (non-hydrogen) atoms. The molecule has 0 saturated heterocycles. The lowest BCUT2D eigenvalue weighted by Gasteiger charge is -2.17. The van der Waals surface area contributed by atoms with Gasteiger partial charge in [0.15, 0.2) is 0 Å². The summed E-state index contributed by atoms with van der Waals surface area (Å²) in [5.41, 5.74) is 3.57. The minimum atomic E-state index is -0.148. The van der Waals surface area contributed by atoms with Gasteiger partial charge in [-0.3, -0.25) is 14.5 Å². The number of fused-ring (bicyclic) bond motifs is 1. The third kappa shape index (κ3) is 3.09. The van der Waals surface area contributed by atoms with Crippen molar-refractivity contribution >= 4 is 46.7 Å². The Morgan fingerprint density at radius 3 is 2.73 bits per heavy atom. The smallest absolute Gasteiger partial charge is 0.235 e. The van der Waals surface area contributed by atoms with E-state index in [2.05, 4.69) is 15.4 Å². The standard InChI is InChI=1S/C18H14Cl2N4OS/c1-24-18-15(16(23-24)10-4-6-21-7-5-10)17(26-9-14(25)22-18)12-3-2-11(19)8-13(12)20/h2-8,17H,9H2,1H3,(H,22,25). The molecule has 8 heteroatoms. The predicted molar refractivity (Wildman–Crippen MR) is 106 cm³/mol. The fraction of sp³-hybridized carbons (Fsp3) is 0.167. The quantitative estimate of drug-likeness (QED) is 0.679. The third-order valence-corrected chi connectivity index (χ3v) is 6.00. The normalized spacial score (nSPS) is 16.7. The number of pyridine rings is 1. The minimum absolute atomic E-state index is 0.0619. The highest BCUT2D eigenvalue weighted by Gasteiger charge is 2.32. The van der Waals surface area contributed by atoms with Crippen molar-refractivity contribution in [1.29, 1.82) is 0 Å². The van der Waals surface area contributed by atoms with Crippen LogP contribution in [-0.2, 0) is 11.8 Å². The number of nitrogens with zero attached hydrogens (tertiary/aromatic N) is 3. The molecule has 0 saturated carbocycles. The zero-order valence-corrected chi connectivity index (χ0v) is 16.1. The van der Waals surface area contributed by atoms with E-state index in [4.69, 9.17) is 23.2 Å². The van der Waals surface area contributed by atoms with Gasteiger partial charge in [-0.15, -0.1) is 11.8 Å². The lowest BCUT2D eigenvalue weighted by molar-refractivity contribution is -0.113. The van der Waals surface area contributed by atoms with Crippen molar-refractivity contribution < 1.29 is 4.79 Å². The van der Waals surface area contributed by atoms with Crippen LogP contribution >= 0.6 is 35.0 Å². The van der Waals surface area contributed by atoms with E-state index in [0.717, 1.165) is 22.4 Å². The van der Waals surface area contributed by atoms with Gasteiger partial charge < -0.3 is 5.32 Å². The second kappa shape index (κ2) is 6.95. The average molecular weight is 405 g/mol. The molecular formula is C18H14Cl2N4OS. The van der Waals surface area contributed by atoms with Crippen LogP contribution < -0.4 is 5.32 Å². The zero-order valence-electron chi connectivity index (χ0n) is 13.7. The van der Waals surface area contributed by atoms with Gasteiger partial charge >= 0.3 is 0 Å². The Morgan fingerprint density at radius 2 is 2.00 bits per heavy atom. The molecule has 5 nitrogen and oxygen atoms in total. The van der Waals surface area contributed by atoms with E-state index in [1.165, 1.54) is 11.8 Å². The summed E-state index contributed by atoms with van der Waals surface area (Å²) in [5.74, 6) is 0.949. The van der Waals surface area contributed by atoms with Crippen LogP contribution in [0.3, 0.4) is 0 Å². The number of aryl methyl sites for hydroxylation is 1. The van der Waals surface area contributed by atoms with E-state index in [9.17, 15) is 4.79 Å². The van der Waals surface area contributed by atoms with Gasteiger partial charge in [-0.2, -0.15) is 5.10 Å². The van der Waals surface area contributed by atoms with Crippen LogP contribution in [0.2, 0.25) is 10.0 Å². The highest BCUT2D eigenvalue weighted by Crippen LogP contribution is 2.47. The molecule has 0 spiro atoms. The highest BCUT2D eigenvalue weighted by atomic mass is 35.5. The van der Waals surface area contributed by atoms with Gasteiger partial charge in [-0.25, -0.2) is 0 Å². The molecule has 1 aliphatic rings. The summed E-state index contributed by atoms with van der Waals surface area (Å²) >= 11 is 14.1. The first-order chi connectivity index (χ1) is 12.5. The second-order valence-corrected chi connectivity index (χ2v) is 7.81. The summed E-state index contributed by atoms with van der Waals surface area (Å²) in [6.07, 6.45) is 3.45. The van der Waals surface area contributed by atoms with E-state index in [1.807, 2.05) is 31.3 Å². The van der Waals surface area contributed by atoms with E-state index >= 15 is 0 Å². The van der Waals surface area contributed by atoms with E-state index in [-0.39, 0.29) is 11.2 Å². The van der Waals surface area contributed by atoms with Gasteiger partial charge in [0.05, 0.1) is 16.7 Å². The average Bonchev–Trinajstić information content (AvgIpc) is 2.83. The van der Waals surface area contributed by atoms with Crippen molar-refractivity contribution in [1.82, 2.24) is 14.8 Å². The number of anilines is 1. The largest absolute Gasteiger partial charge is 0.310 e. The Bertz CT molecular complexity index is 990. The number of nitrogens with one attached hydrogen (secondary N) is 1. The van der Waals surface area contributed by atoms with E-state index in [1.54, 1.807) is 23.1 Å². The molecule has 1 atom stereocenters. The maximum Gasteiger partial charge on any atom is 0.235 e. The Morgan fingerprint density at radius 1 is 1.23 bits per heavy atom. The molecule has 1 aliphatic heterocycles. The summed E-state index contributed by atoms with van der Waals surface area (Å²) in [6, 6.07) is 9.25. The number of carbonyl (C=O) groups is 1. The van der Waals surface area contributed by atoms with Crippen LogP contribution in [0.15, 0.2) is 42.7 Å². The summed E-state index contributed by atoms with van der Waals surface area (Å²) in [5, 5.41) is 8.62. The molecule has 0 radical (unpaired) electrons. The summed E-state index contributed by atoms with van der Waals surface area (Å²) in [4.78, 5) is 16.3. The Balaban J connectivity index is 1.95. The number of halogens is 2. The van der Waals surface area contributed by atoms with Gasteiger partial charge in [0.25, 0.3) is 0 Å². The Kier molecular flexibility index (Phi) is 4.65. The molecule has 1 amide bonds. The first-order valence-corrected chi connectivity index (χ1v) is 9.68. The third-order valence-electron chi connectivity index (χ3n) is 4.18. The van der Waals surface area contributed by atoms with Gasteiger partial charge in [0, 0.05) is 40.6 Å². The fourth-order valence-corrected chi connectivity index (χ4v) is 4.78. The zero-order chi connectivity index (χ0) is 18.3. The lowest BCUT2D eigenvalue weighted by Crippen LogP contribution is -2.15. The van der Waals surface area contributed by atoms with Gasteiger partial charge in [0.2, 0.25) is 5.91 Å². The number of amides is 1. The van der Waals surface area contributed by atoms with Crippen LogP contribution in [0.5, 0.6) is 0 Å². The molecule has 0 bridgehead atoms. The topological polar surface area (TPSA) is 59.8 Å². The maximum atomic E-state index is 12.2. The Labute approximate surface area is 164 Å². The van der Waals surface area contributed by atoms with Crippen LogP contribution in [0.25, 0.3) is 11.3 Å². The van der Waals surface area contributed by atoms with Crippen LogP contribution in [0.4, 0.5) is 5.82 Å². The number of benzene rings is 1. The SMILES string of the molecule is Cn1nc(-c2ccncc2)c2c1NC(=O)CSC2c1ccc(Cl)cc1Cl. The molecule has 1 aromatic carbocycles. The molecule has 3 aromatic rings. The first kappa shape index (κ1) is 17.4. The Hall–Kier alpha value is -2.02. The summed E-state index contributed by atoms with van der Waals surface area (Å²) in [6.45, 7) is 0. The van der Waals surface area contributed by atoms with Gasteiger partial charge in [-0.1, -0.05) is 29.3 Å². The van der Waals surface area contributed by atoms with Crippen molar-refractivity contribution in [2.45, 2.75) is 5.25 Å². The van der Waals surface area contributed by atoms with Crippen molar-refractivity contribution in [3.05, 3.63) is 63.9 Å². The van der Waals surface area contributed by atoms with E-state index in [0.29, 0.717) is 21.6 Å². The highest BCUT2D eigenvalue weighted by molar-refractivity contribution is 8.00. The number of thioether (sulfide) groups is 1. The van der Waals surface area contributed by atoms with Crippen LogP contribution in [0, 0.1) is 0 Å². The second-order valence-electron chi connectivity index (χ2n) is 5.88. The molecule has 4 rings (SSSR count). The van der Waals surface area contributed by atoms with E-state index < -0.39 is 0 Å². The number of hydrogen-bond acceptors (Lipinski definition) is 4. The maximum absolute atomic E-state index is 12.2. The number of rotatable bonds is 2. The van der Waals surface area contributed by atoms with Gasteiger partial charge in [-0.05, 0) is 29.8 Å². The molecule has 1 N–H and O–H groups in total. The molecule has 2 aromatic heterocycles. The molecule has 1 unspecified atom stereocenters. The summed E-state index contributed by atoms with van der Waals surface area (Å²) in [7, 11) is 1.82. The number of hydrogen-bond donors (Lipinski definition) is 1. The van der Waals surface area contributed by atoms with Gasteiger partial charge in [0.1, 0.15) is 5.82 Å². The lowest BCUT2D eigenvalue weighted by atomic mass is 10.0. The first-order valence-electron chi connectivity index (χ1n) is 7.88. The minimum Gasteiger partial charge on any atom is -0.310 e. The molecule has 0 fully saturated rings. The monoisotopic (exact) mass is 404 g/mol. The number of carbonyl (C=O) groups excluding carboxylic acids is 1. The molecule has 3 heterocycles. The van der Waals surface area contributed by atoms with Crippen molar-refractivity contribution in [3.8, 4) is 11.3 Å². The van der Waals surface area contributed by atoms with Crippen molar-refractivity contribution in [3.63, 3.8) is 0 Å². The predicted octanol–water partition coefficient (Wildman–Crippen LogP) is 4.56. The molecular weight excluding hydrogens is 391 g/mol. The molecule has 0 aliphatic carbocycles. The number of aromatic nitrogens is 3. The van der Waals surface area contributed by atoms with Crippen LogP contribution in [0.1, 0.15) is 16.4 Å². The summed E-state index contributed by atoms with van der Waals surface area (Å²) < 4.78 is 1.70.